The molecule has 2 aromatic rings. The van der Waals surface area contributed by atoms with E-state index in [4.69, 9.17) is 11.5 Å². The summed E-state index contributed by atoms with van der Waals surface area (Å²) in [5.41, 5.74) is 14.1. The van der Waals surface area contributed by atoms with E-state index < -0.39 is 5.91 Å². The predicted molar refractivity (Wildman–Crippen MR) is 78.5 cm³/mol. The van der Waals surface area contributed by atoms with Gasteiger partial charge in [0.15, 0.2) is 0 Å². The minimum absolute atomic E-state index is 0.454. The SMILES string of the molecule is CCN(c1ccccc1)c1cc(N)ccc1C(N)=O. The van der Waals surface area contributed by atoms with E-state index in [9.17, 15) is 4.79 Å². The molecule has 98 valence electrons. The third kappa shape index (κ3) is 2.68. The molecule has 0 atom stereocenters. The minimum atomic E-state index is -0.454. The minimum Gasteiger partial charge on any atom is -0.399 e. The zero-order chi connectivity index (χ0) is 13.8. The van der Waals surface area contributed by atoms with E-state index in [0.717, 1.165) is 11.4 Å². The zero-order valence-corrected chi connectivity index (χ0v) is 10.8. The molecule has 0 radical (unpaired) electrons. The molecule has 4 heteroatoms. The molecule has 2 rings (SSSR count). The molecule has 4 N–H and O–H groups in total. The number of nitrogens with two attached hydrogens (primary N) is 2. The van der Waals surface area contributed by atoms with Gasteiger partial charge in [-0.3, -0.25) is 4.79 Å². The molecule has 0 aliphatic rings. The maximum Gasteiger partial charge on any atom is 0.250 e. The molecule has 2 aromatic carbocycles. The maximum atomic E-state index is 11.5. The molecule has 4 nitrogen and oxygen atoms in total. The van der Waals surface area contributed by atoms with Crippen molar-refractivity contribution in [3.8, 4) is 0 Å². The van der Waals surface area contributed by atoms with E-state index in [1.54, 1.807) is 18.2 Å². The zero-order valence-electron chi connectivity index (χ0n) is 10.8. The molecule has 0 fully saturated rings. The van der Waals surface area contributed by atoms with E-state index in [1.807, 2.05) is 42.2 Å². The van der Waals surface area contributed by atoms with Crippen molar-refractivity contribution >= 4 is 23.0 Å². The number of anilines is 3. The number of amides is 1. The number of rotatable bonds is 4. The van der Waals surface area contributed by atoms with Crippen LogP contribution in [-0.4, -0.2) is 12.5 Å². The van der Waals surface area contributed by atoms with Crippen molar-refractivity contribution in [3.05, 3.63) is 54.1 Å². The molecular formula is C15H17N3O. The molecule has 0 spiro atoms. The average Bonchev–Trinajstić information content (AvgIpc) is 2.40. The van der Waals surface area contributed by atoms with Gasteiger partial charge in [0, 0.05) is 17.9 Å². The van der Waals surface area contributed by atoms with Gasteiger partial charge in [0.25, 0.3) is 5.91 Å². The van der Waals surface area contributed by atoms with Crippen LogP contribution in [0.5, 0.6) is 0 Å². The predicted octanol–water partition coefficient (Wildman–Crippen LogP) is 2.53. The molecule has 0 aliphatic carbocycles. The van der Waals surface area contributed by atoms with Crippen molar-refractivity contribution in [1.82, 2.24) is 0 Å². The van der Waals surface area contributed by atoms with Crippen LogP contribution in [0.2, 0.25) is 0 Å². The topological polar surface area (TPSA) is 72.3 Å². The second-order valence-corrected chi connectivity index (χ2v) is 4.22. The number of primary amides is 1. The highest BCUT2D eigenvalue weighted by Gasteiger charge is 2.15. The molecule has 0 saturated heterocycles. The number of carbonyl (C=O) groups excluding carboxylic acids is 1. The van der Waals surface area contributed by atoms with Gasteiger partial charge in [-0.15, -0.1) is 0 Å². The number of nitrogen functional groups attached to an aromatic ring is 1. The van der Waals surface area contributed by atoms with Crippen molar-refractivity contribution in [2.75, 3.05) is 17.2 Å². The Bertz CT molecular complexity index is 581. The van der Waals surface area contributed by atoms with E-state index in [-0.39, 0.29) is 0 Å². The summed E-state index contributed by atoms with van der Waals surface area (Å²) in [6.07, 6.45) is 0. The normalized spacial score (nSPS) is 10.2. The van der Waals surface area contributed by atoms with E-state index in [1.165, 1.54) is 0 Å². The number of carbonyl (C=O) groups is 1. The molecule has 0 saturated carbocycles. The number of hydrogen-bond acceptors (Lipinski definition) is 3. The van der Waals surface area contributed by atoms with E-state index >= 15 is 0 Å². The Labute approximate surface area is 112 Å². The summed E-state index contributed by atoms with van der Waals surface area (Å²) >= 11 is 0. The van der Waals surface area contributed by atoms with Gasteiger partial charge in [0.2, 0.25) is 0 Å². The lowest BCUT2D eigenvalue weighted by molar-refractivity contribution is 0.100. The first-order chi connectivity index (χ1) is 9.13. The second kappa shape index (κ2) is 5.44. The molecule has 0 bridgehead atoms. The van der Waals surface area contributed by atoms with Crippen molar-refractivity contribution in [1.29, 1.82) is 0 Å². The highest BCUT2D eigenvalue weighted by Crippen LogP contribution is 2.29. The molecule has 0 heterocycles. The quantitative estimate of drug-likeness (QED) is 0.824. The summed E-state index contributed by atoms with van der Waals surface area (Å²) in [6.45, 7) is 2.73. The fourth-order valence-corrected chi connectivity index (χ4v) is 2.08. The van der Waals surface area contributed by atoms with Gasteiger partial charge in [-0.05, 0) is 37.3 Å². The monoisotopic (exact) mass is 255 g/mol. The largest absolute Gasteiger partial charge is 0.399 e. The first-order valence-electron chi connectivity index (χ1n) is 6.15. The first kappa shape index (κ1) is 13.0. The van der Waals surface area contributed by atoms with Gasteiger partial charge in [0.1, 0.15) is 0 Å². The highest BCUT2D eigenvalue weighted by molar-refractivity contribution is 6.00. The van der Waals surface area contributed by atoms with E-state index in [0.29, 0.717) is 17.8 Å². The standard InChI is InChI=1S/C15H17N3O/c1-2-18(12-6-4-3-5-7-12)14-10-11(16)8-9-13(14)15(17)19/h3-10H,2,16H2,1H3,(H2,17,19). The summed E-state index contributed by atoms with van der Waals surface area (Å²) < 4.78 is 0. The number of para-hydroxylation sites is 1. The summed E-state index contributed by atoms with van der Waals surface area (Å²) in [5, 5.41) is 0. The summed E-state index contributed by atoms with van der Waals surface area (Å²) in [6, 6.07) is 14.9. The van der Waals surface area contributed by atoms with Gasteiger partial charge in [0.05, 0.1) is 11.3 Å². The van der Waals surface area contributed by atoms with Gasteiger partial charge in [-0.1, -0.05) is 18.2 Å². The lowest BCUT2D eigenvalue weighted by Crippen LogP contribution is -2.22. The lowest BCUT2D eigenvalue weighted by Gasteiger charge is -2.25. The van der Waals surface area contributed by atoms with Crippen LogP contribution in [-0.2, 0) is 0 Å². The van der Waals surface area contributed by atoms with Crippen molar-refractivity contribution in [2.24, 2.45) is 5.73 Å². The number of nitrogens with zero attached hydrogens (tertiary/aromatic N) is 1. The van der Waals surface area contributed by atoms with Crippen LogP contribution < -0.4 is 16.4 Å². The highest BCUT2D eigenvalue weighted by atomic mass is 16.1. The van der Waals surface area contributed by atoms with Gasteiger partial charge in [-0.25, -0.2) is 0 Å². The van der Waals surface area contributed by atoms with Crippen LogP contribution in [0.15, 0.2) is 48.5 Å². The van der Waals surface area contributed by atoms with Crippen LogP contribution in [0.4, 0.5) is 17.1 Å². The summed E-state index contributed by atoms with van der Waals surface area (Å²) in [7, 11) is 0. The fourth-order valence-electron chi connectivity index (χ4n) is 2.08. The number of hydrogen-bond donors (Lipinski definition) is 2. The van der Waals surface area contributed by atoms with Crippen LogP contribution >= 0.6 is 0 Å². The summed E-state index contributed by atoms with van der Waals surface area (Å²) in [5.74, 6) is -0.454. The average molecular weight is 255 g/mol. The van der Waals surface area contributed by atoms with E-state index in [2.05, 4.69) is 0 Å². The molecule has 0 aliphatic heterocycles. The first-order valence-corrected chi connectivity index (χ1v) is 6.15. The Balaban J connectivity index is 2.55. The number of benzene rings is 2. The van der Waals surface area contributed by atoms with Crippen molar-refractivity contribution in [3.63, 3.8) is 0 Å². The second-order valence-electron chi connectivity index (χ2n) is 4.22. The van der Waals surface area contributed by atoms with Crippen LogP contribution in [0, 0.1) is 0 Å². The van der Waals surface area contributed by atoms with Gasteiger partial charge >= 0.3 is 0 Å². The summed E-state index contributed by atoms with van der Waals surface area (Å²) in [4.78, 5) is 13.5. The molecule has 0 aromatic heterocycles. The lowest BCUT2D eigenvalue weighted by atomic mass is 10.1. The van der Waals surface area contributed by atoms with Crippen LogP contribution in [0.1, 0.15) is 17.3 Å². The molecule has 19 heavy (non-hydrogen) atoms. The maximum absolute atomic E-state index is 11.5. The van der Waals surface area contributed by atoms with Crippen LogP contribution in [0.25, 0.3) is 0 Å². The molecular weight excluding hydrogens is 238 g/mol. The Morgan fingerprint density at radius 2 is 1.84 bits per heavy atom. The van der Waals surface area contributed by atoms with Crippen LogP contribution in [0.3, 0.4) is 0 Å². The Morgan fingerprint density at radius 1 is 1.16 bits per heavy atom. The van der Waals surface area contributed by atoms with Gasteiger partial charge in [-0.2, -0.15) is 0 Å². The van der Waals surface area contributed by atoms with Crippen molar-refractivity contribution in [2.45, 2.75) is 6.92 Å². The Morgan fingerprint density at radius 3 is 2.42 bits per heavy atom. The Hall–Kier alpha value is -2.49. The smallest absolute Gasteiger partial charge is 0.250 e. The van der Waals surface area contributed by atoms with Gasteiger partial charge < -0.3 is 16.4 Å². The van der Waals surface area contributed by atoms with Crippen molar-refractivity contribution < 1.29 is 4.79 Å². The molecule has 0 unspecified atom stereocenters. The fraction of sp³-hybridized carbons (Fsp3) is 0.133. The molecule has 1 amide bonds. The third-order valence-electron chi connectivity index (χ3n) is 2.96. The Kier molecular flexibility index (Phi) is 3.71. The third-order valence-corrected chi connectivity index (χ3v) is 2.96.